The summed E-state index contributed by atoms with van der Waals surface area (Å²) < 4.78 is 11.1. The lowest BCUT2D eigenvalue weighted by molar-refractivity contribution is -0.157. The van der Waals surface area contributed by atoms with Crippen LogP contribution in [0.4, 0.5) is 0 Å². The molecule has 0 aromatic heterocycles. The second kappa shape index (κ2) is 30.1. The second-order valence-electron chi connectivity index (χ2n) is 11.1. The molecule has 0 saturated heterocycles. The highest BCUT2D eigenvalue weighted by molar-refractivity contribution is 7.99. The van der Waals surface area contributed by atoms with Crippen molar-refractivity contribution in [1.29, 1.82) is 0 Å². The van der Waals surface area contributed by atoms with E-state index >= 15 is 0 Å². The maximum absolute atomic E-state index is 12.5. The van der Waals surface area contributed by atoms with Gasteiger partial charge in [0.15, 0.2) is 0 Å². The van der Waals surface area contributed by atoms with E-state index in [-0.39, 0.29) is 37.6 Å². The van der Waals surface area contributed by atoms with Crippen molar-refractivity contribution in [3.8, 4) is 0 Å². The molecule has 0 saturated carbocycles. The van der Waals surface area contributed by atoms with Crippen LogP contribution in [0.2, 0.25) is 0 Å². The van der Waals surface area contributed by atoms with E-state index in [4.69, 9.17) is 20.3 Å². The van der Waals surface area contributed by atoms with Crippen molar-refractivity contribution in [3.05, 3.63) is 0 Å². The van der Waals surface area contributed by atoms with Gasteiger partial charge in [-0.2, -0.15) is 11.8 Å². The molecular weight excluding hydrogens is 540 g/mol. The first-order valence-corrected chi connectivity index (χ1v) is 17.7. The van der Waals surface area contributed by atoms with Gasteiger partial charge in [0.05, 0.1) is 12.6 Å². The molecule has 0 bridgehead atoms. The van der Waals surface area contributed by atoms with Crippen LogP contribution in [0.3, 0.4) is 0 Å². The van der Waals surface area contributed by atoms with E-state index in [1.54, 1.807) is 0 Å². The Bertz CT molecular complexity index is 637. The number of hydrogen-bond acceptors (Lipinski definition) is 8. The number of aliphatic hydroxyl groups is 1. The number of hydrogen-bond donors (Lipinski definition) is 3. The molecule has 4 N–H and O–H groups in total. The number of aliphatic hydroxyl groups excluding tert-OH is 1. The molecule has 0 fully saturated rings. The molecule has 0 aliphatic rings. The normalized spacial score (nSPS) is 12.6. The molecule has 0 aliphatic heterocycles. The Kier molecular flexibility index (Phi) is 29.2. The molecule has 2 atom stereocenters. The number of carbonyl (C=O) groups is 3. The minimum Gasteiger partial charge on any atom is -0.462 e. The van der Waals surface area contributed by atoms with Crippen LogP contribution in [-0.2, 0) is 23.9 Å². The van der Waals surface area contributed by atoms with Gasteiger partial charge in [-0.15, -0.1) is 0 Å². The van der Waals surface area contributed by atoms with Crippen LogP contribution in [0.15, 0.2) is 0 Å². The van der Waals surface area contributed by atoms with E-state index in [0.717, 1.165) is 38.5 Å². The minimum absolute atomic E-state index is 0.0126. The van der Waals surface area contributed by atoms with Crippen LogP contribution in [0, 0.1) is 0 Å². The number of ether oxygens (including phenoxy) is 2. The zero-order valence-electron chi connectivity index (χ0n) is 26.3. The van der Waals surface area contributed by atoms with E-state index in [0.29, 0.717) is 24.3 Å². The first-order valence-electron chi connectivity index (χ1n) is 16.5. The molecule has 0 rings (SSSR count). The first-order chi connectivity index (χ1) is 19.9. The molecule has 1 amide bonds. The van der Waals surface area contributed by atoms with Crippen LogP contribution < -0.4 is 11.1 Å². The lowest BCUT2D eigenvalue weighted by Crippen LogP contribution is -2.43. The lowest BCUT2D eigenvalue weighted by Gasteiger charge is -2.19. The minimum atomic E-state index is -0.737. The van der Waals surface area contributed by atoms with Crippen molar-refractivity contribution in [1.82, 2.24) is 5.32 Å². The first kappa shape index (κ1) is 39.7. The van der Waals surface area contributed by atoms with Crippen LogP contribution in [0.1, 0.15) is 142 Å². The molecular formula is C32H62N2O6S. The SMILES string of the molecule is CCCCCCCCCCCC(=O)OC[C@H](CSC[C@@H](N)C(=O)NCCO)OC(=O)CCCCCCCCCCC. The summed E-state index contributed by atoms with van der Waals surface area (Å²) in [6.45, 7) is 4.47. The Morgan fingerprint density at radius 2 is 1.17 bits per heavy atom. The molecule has 0 aliphatic carbocycles. The number of carbonyl (C=O) groups excluding carboxylic acids is 3. The van der Waals surface area contributed by atoms with Crippen molar-refractivity contribution in [3.63, 3.8) is 0 Å². The average molecular weight is 603 g/mol. The summed E-state index contributed by atoms with van der Waals surface area (Å²) >= 11 is 1.38. The number of thioether (sulfide) groups is 1. The van der Waals surface area contributed by atoms with Crippen molar-refractivity contribution in [2.24, 2.45) is 5.73 Å². The van der Waals surface area contributed by atoms with Gasteiger partial charge in [-0.1, -0.05) is 117 Å². The fraction of sp³-hybridized carbons (Fsp3) is 0.906. The lowest BCUT2D eigenvalue weighted by atomic mass is 10.1. The highest BCUT2D eigenvalue weighted by Gasteiger charge is 2.19. The Hall–Kier alpha value is -1.32. The standard InChI is InChI=1S/C32H62N2O6S/c1-3-5-7-9-11-13-15-17-19-21-30(36)39-25-28(26-41-27-29(33)32(38)34-23-24-35)40-31(37)22-20-18-16-14-12-10-8-6-4-2/h28-29,35H,3-27,33H2,1-2H3,(H,34,38)/t28-,29-/m1/s1. The van der Waals surface area contributed by atoms with Gasteiger partial charge in [0, 0.05) is 30.9 Å². The molecule has 0 spiro atoms. The molecule has 0 heterocycles. The number of rotatable bonds is 30. The third kappa shape index (κ3) is 27.3. The van der Waals surface area contributed by atoms with Gasteiger partial charge < -0.3 is 25.6 Å². The fourth-order valence-electron chi connectivity index (χ4n) is 4.49. The highest BCUT2D eigenvalue weighted by Crippen LogP contribution is 2.14. The highest BCUT2D eigenvalue weighted by atomic mass is 32.2. The van der Waals surface area contributed by atoms with E-state index in [1.807, 2.05) is 0 Å². The third-order valence-electron chi connectivity index (χ3n) is 7.05. The van der Waals surface area contributed by atoms with Gasteiger partial charge in [-0.05, 0) is 12.8 Å². The summed E-state index contributed by atoms with van der Waals surface area (Å²) in [7, 11) is 0. The Balaban J connectivity index is 4.37. The average Bonchev–Trinajstić information content (AvgIpc) is 2.96. The van der Waals surface area contributed by atoms with Gasteiger partial charge in [-0.3, -0.25) is 14.4 Å². The van der Waals surface area contributed by atoms with E-state index in [1.165, 1.54) is 88.8 Å². The summed E-state index contributed by atoms with van der Waals surface area (Å²) in [6.07, 6.45) is 21.3. The number of unbranched alkanes of at least 4 members (excludes halogenated alkanes) is 16. The predicted octanol–water partition coefficient (Wildman–Crippen LogP) is 6.45. The molecule has 242 valence electrons. The monoisotopic (exact) mass is 602 g/mol. The van der Waals surface area contributed by atoms with E-state index in [2.05, 4.69) is 19.2 Å². The molecule has 0 aromatic rings. The van der Waals surface area contributed by atoms with Crippen molar-refractivity contribution in [2.75, 3.05) is 31.3 Å². The molecule has 0 unspecified atom stereocenters. The Labute approximate surface area is 255 Å². The summed E-state index contributed by atoms with van der Waals surface area (Å²) in [5.74, 6) is -0.166. The third-order valence-corrected chi connectivity index (χ3v) is 8.25. The summed E-state index contributed by atoms with van der Waals surface area (Å²) in [4.78, 5) is 36.7. The Morgan fingerprint density at radius 3 is 1.66 bits per heavy atom. The molecule has 9 heteroatoms. The Morgan fingerprint density at radius 1 is 0.707 bits per heavy atom. The van der Waals surface area contributed by atoms with Gasteiger partial charge in [0.1, 0.15) is 12.7 Å². The smallest absolute Gasteiger partial charge is 0.306 e. The van der Waals surface area contributed by atoms with Gasteiger partial charge in [0.25, 0.3) is 0 Å². The van der Waals surface area contributed by atoms with Crippen LogP contribution in [-0.4, -0.2) is 66.4 Å². The molecule has 0 aromatic carbocycles. The fourth-order valence-corrected chi connectivity index (χ4v) is 5.46. The van der Waals surface area contributed by atoms with Crippen molar-refractivity contribution < 1.29 is 29.0 Å². The number of esters is 2. The van der Waals surface area contributed by atoms with Gasteiger partial charge >= 0.3 is 11.9 Å². The van der Waals surface area contributed by atoms with Gasteiger partial charge in [-0.25, -0.2) is 0 Å². The molecule has 41 heavy (non-hydrogen) atoms. The van der Waals surface area contributed by atoms with Crippen LogP contribution in [0.5, 0.6) is 0 Å². The zero-order chi connectivity index (χ0) is 30.4. The maximum Gasteiger partial charge on any atom is 0.306 e. The quantitative estimate of drug-likeness (QED) is 0.0632. The topological polar surface area (TPSA) is 128 Å². The van der Waals surface area contributed by atoms with E-state index in [9.17, 15) is 14.4 Å². The van der Waals surface area contributed by atoms with Crippen LogP contribution >= 0.6 is 11.8 Å². The number of nitrogens with one attached hydrogen (secondary N) is 1. The summed E-state index contributed by atoms with van der Waals surface area (Å²) in [5.41, 5.74) is 5.92. The van der Waals surface area contributed by atoms with Crippen molar-refractivity contribution in [2.45, 2.75) is 154 Å². The zero-order valence-corrected chi connectivity index (χ0v) is 27.1. The number of nitrogens with two attached hydrogens (primary N) is 1. The van der Waals surface area contributed by atoms with Crippen molar-refractivity contribution >= 4 is 29.6 Å². The largest absolute Gasteiger partial charge is 0.462 e. The predicted molar refractivity (Wildman–Crippen MR) is 170 cm³/mol. The second-order valence-corrected chi connectivity index (χ2v) is 12.2. The molecule has 0 radical (unpaired) electrons. The summed E-state index contributed by atoms with van der Waals surface area (Å²) in [5, 5.41) is 11.4. The number of amides is 1. The maximum atomic E-state index is 12.5. The molecule has 8 nitrogen and oxygen atoms in total. The van der Waals surface area contributed by atoms with Gasteiger partial charge in [0.2, 0.25) is 5.91 Å². The van der Waals surface area contributed by atoms with Crippen LogP contribution in [0.25, 0.3) is 0 Å². The summed E-state index contributed by atoms with van der Waals surface area (Å²) in [6, 6.07) is -0.737. The van der Waals surface area contributed by atoms with E-state index < -0.39 is 12.1 Å².